The maximum absolute atomic E-state index is 13.9. The van der Waals surface area contributed by atoms with Crippen molar-refractivity contribution in [1.29, 1.82) is 0 Å². The molecule has 0 bridgehead atoms. The van der Waals surface area contributed by atoms with Crippen LogP contribution in [0.3, 0.4) is 0 Å². The first-order chi connectivity index (χ1) is 21.8. The van der Waals surface area contributed by atoms with E-state index >= 15 is 0 Å². The van der Waals surface area contributed by atoms with E-state index in [-0.39, 0.29) is 36.0 Å². The highest BCUT2D eigenvalue weighted by Gasteiger charge is 2.40. The standard InChI is InChI=1S/C31H38ClN5O7S2/c1-4-16(2)27(33)31(39)44-25-11-21(9-19(25)14-43-46(34,40)41)37-30-24(13-35-15-36-30)28(38)26-12-22(17(3)45-26)29-23-10-20(32)6-5-18(23)7-8-42-29/h5-6,10,12-13,15-16,19,21,25,27,29H,4,7-9,11,14,33H2,1-3H3,(H2,34,40,41)(H,35,36,37)/t16-,19?,21?,25?,27-,29-/m0/s1. The molecule has 5 N–H and O–H groups in total. The van der Waals surface area contributed by atoms with Gasteiger partial charge in [-0.05, 0) is 60.6 Å². The zero-order valence-electron chi connectivity index (χ0n) is 25.8. The molecule has 0 amide bonds. The lowest BCUT2D eigenvalue weighted by Crippen LogP contribution is -2.41. The van der Waals surface area contributed by atoms with Crippen LogP contribution in [0, 0.1) is 18.8 Å². The van der Waals surface area contributed by atoms with Crippen LogP contribution < -0.4 is 16.2 Å². The normalized spacial score (nSPS) is 22.6. The predicted molar refractivity (Wildman–Crippen MR) is 174 cm³/mol. The summed E-state index contributed by atoms with van der Waals surface area (Å²) in [7, 11) is -4.22. The molecule has 2 aliphatic rings. The number of rotatable bonds is 12. The van der Waals surface area contributed by atoms with E-state index in [0.717, 1.165) is 28.0 Å². The molecule has 1 aliphatic heterocycles. The number of ether oxygens (including phenoxy) is 2. The Morgan fingerprint density at radius 1 is 1.24 bits per heavy atom. The third-order valence-electron chi connectivity index (χ3n) is 8.68. The number of hydrogen-bond donors (Lipinski definition) is 3. The van der Waals surface area contributed by atoms with Gasteiger partial charge in [0.2, 0.25) is 5.78 Å². The monoisotopic (exact) mass is 691 g/mol. The Labute approximate surface area is 277 Å². The number of halogens is 1. The lowest BCUT2D eigenvalue weighted by Gasteiger charge is -2.26. The lowest BCUT2D eigenvalue weighted by molar-refractivity contribution is -0.154. The zero-order chi connectivity index (χ0) is 33.2. The summed E-state index contributed by atoms with van der Waals surface area (Å²) >= 11 is 7.67. The molecule has 2 aromatic heterocycles. The van der Waals surface area contributed by atoms with Gasteiger partial charge < -0.3 is 20.5 Å². The maximum atomic E-state index is 13.9. The van der Waals surface area contributed by atoms with Crippen LogP contribution in [0.1, 0.15) is 76.0 Å². The Morgan fingerprint density at radius 3 is 2.76 bits per heavy atom. The molecule has 1 aromatic carbocycles. The van der Waals surface area contributed by atoms with Crippen LogP contribution in [0.15, 0.2) is 36.8 Å². The number of hydrogen-bond acceptors (Lipinski definition) is 12. The van der Waals surface area contributed by atoms with E-state index in [1.165, 1.54) is 23.9 Å². The topological polar surface area (TPSA) is 186 Å². The predicted octanol–water partition coefficient (Wildman–Crippen LogP) is 4.09. The largest absolute Gasteiger partial charge is 0.461 e. The minimum absolute atomic E-state index is 0.102. The highest BCUT2D eigenvalue weighted by Crippen LogP contribution is 2.39. The molecule has 12 nitrogen and oxygen atoms in total. The smallest absolute Gasteiger partial charge is 0.333 e. The summed E-state index contributed by atoms with van der Waals surface area (Å²) in [5, 5.41) is 8.98. The first-order valence-electron chi connectivity index (χ1n) is 15.1. The van der Waals surface area contributed by atoms with Gasteiger partial charge in [-0.2, -0.15) is 8.42 Å². The Kier molecular flexibility index (Phi) is 10.8. The molecule has 248 valence electrons. The van der Waals surface area contributed by atoms with Gasteiger partial charge in [-0.1, -0.05) is 37.9 Å². The Hall–Kier alpha value is -2.98. The number of benzene rings is 1. The summed E-state index contributed by atoms with van der Waals surface area (Å²) in [4.78, 5) is 36.6. The SMILES string of the molecule is CC[C@H](C)[C@H](N)C(=O)OC1CC(Nc2ncncc2C(=O)c2cc([C@@H]3OCCc4ccc(Cl)cc43)c(C)s2)CC1COS(N)(=O)=O. The second kappa shape index (κ2) is 14.4. The van der Waals surface area contributed by atoms with E-state index in [1.54, 1.807) is 0 Å². The first-order valence-corrected chi connectivity index (χ1v) is 17.8. The number of aromatic nitrogens is 2. The fraction of sp³-hybridized carbons (Fsp3) is 0.484. The van der Waals surface area contributed by atoms with Crippen molar-refractivity contribution < 1.29 is 31.7 Å². The summed E-state index contributed by atoms with van der Waals surface area (Å²) in [6, 6.07) is 6.48. The second-order valence-electron chi connectivity index (χ2n) is 11.8. The second-order valence-corrected chi connectivity index (χ2v) is 14.7. The molecule has 0 spiro atoms. The fourth-order valence-electron chi connectivity index (χ4n) is 5.90. The number of aryl methyl sites for hydroxylation is 1. The zero-order valence-corrected chi connectivity index (χ0v) is 28.2. The molecule has 1 saturated carbocycles. The van der Waals surface area contributed by atoms with Crippen molar-refractivity contribution in [2.24, 2.45) is 22.7 Å². The molecule has 0 radical (unpaired) electrons. The molecule has 1 aliphatic carbocycles. The van der Waals surface area contributed by atoms with Gasteiger partial charge in [-0.15, -0.1) is 11.3 Å². The number of nitrogens with one attached hydrogen (secondary N) is 1. The third-order valence-corrected chi connectivity index (χ3v) is 10.4. The van der Waals surface area contributed by atoms with Crippen molar-refractivity contribution in [2.45, 2.75) is 70.7 Å². The molecular weight excluding hydrogens is 654 g/mol. The van der Waals surface area contributed by atoms with Crippen LogP contribution in [0.25, 0.3) is 0 Å². The highest BCUT2D eigenvalue weighted by atomic mass is 35.5. The number of ketones is 1. The number of thiophene rings is 1. The summed E-state index contributed by atoms with van der Waals surface area (Å²) in [6.07, 6.45) is 3.89. The number of carbonyl (C=O) groups is 2. The minimum atomic E-state index is -4.22. The molecule has 3 aromatic rings. The van der Waals surface area contributed by atoms with Gasteiger partial charge in [0.25, 0.3) is 0 Å². The molecular formula is C31H38ClN5O7S2. The number of anilines is 1. The maximum Gasteiger partial charge on any atom is 0.333 e. The third kappa shape index (κ3) is 7.93. The van der Waals surface area contributed by atoms with Gasteiger partial charge in [0, 0.05) is 34.5 Å². The van der Waals surface area contributed by atoms with E-state index in [1.807, 2.05) is 45.0 Å². The van der Waals surface area contributed by atoms with Crippen LogP contribution in [-0.2, 0) is 35.2 Å². The van der Waals surface area contributed by atoms with Crippen molar-refractivity contribution in [1.82, 2.24) is 9.97 Å². The quantitative estimate of drug-likeness (QED) is 0.183. The molecule has 1 fully saturated rings. The average molecular weight is 692 g/mol. The van der Waals surface area contributed by atoms with Crippen molar-refractivity contribution in [3.05, 3.63) is 73.8 Å². The van der Waals surface area contributed by atoms with Crippen LogP contribution in [-0.4, -0.2) is 61.5 Å². The van der Waals surface area contributed by atoms with E-state index in [4.69, 9.17) is 36.1 Å². The number of nitrogens with zero attached hydrogens (tertiary/aromatic N) is 2. The van der Waals surface area contributed by atoms with Crippen LogP contribution >= 0.6 is 22.9 Å². The van der Waals surface area contributed by atoms with E-state index in [2.05, 4.69) is 15.3 Å². The number of carbonyl (C=O) groups excluding carboxylic acids is 2. The molecule has 3 heterocycles. The van der Waals surface area contributed by atoms with Crippen LogP contribution in [0.2, 0.25) is 5.02 Å². The summed E-state index contributed by atoms with van der Waals surface area (Å²) in [5.41, 5.74) is 9.41. The molecule has 46 heavy (non-hydrogen) atoms. The van der Waals surface area contributed by atoms with E-state index in [9.17, 15) is 18.0 Å². The van der Waals surface area contributed by atoms with Gasteiger partial charge >= 0.3 is 16.3 Å². The number of nitrogens with two attached hydrogens (primary N) is 2. The molecule has 3 unspecified atom stereocenters. The summed E-state index contributed by atoms with van der Waals surface area (Å²) in [5.74, 6) is -1.14. The molecule has 0 saturated heterocycles. The van der Waals surface area contributed by atoms with Crippen molar-refractivity contribution in [2.75, 3.05) is 18.5 Å². The minimum Gasteiger partial charge on any atom is -0.461 e. The summed E-state index contributed by atoms with van der Waals surface area (Å²) < 4.78 is 39.8. The Bertz CT molecular complexity index is 1700. The van der Waals surface area contributed by atoms with Gasteiger partial charge in [-0.3, -0.25) is 13.8 Å². The van der Waals surface area contributed by atoms with Gasteiger partial charge in [0.15, 0.2) is 0 Å². The van der Waals surface area contributed by atoms with Crippen molar-refractivity contribution >= 4 is 50.8 Å². The first kappa shape index (κ1) is 34.4. The van der Waals surface area contributed by atoms with Crippen LogP contribution in [0.4, 0.5) is 5.82 Å². The van der Waals surface area contributed by atoms with Gasteiger partial charge in [0.1, 0.15) is 30.4 Å². The number of fused-ring (bicyclic) bond motifs is 1. The molecule has 15 heteroatoms. The molecule has 5 rings (SSSR count). The molecule has 6 atom stereocenters. The van der Waals surface area contributed by atoms with Crippen LogP contribution in [0.5, 0.6) is 0 Å². The average Bonchev–Trinajstić information content (AvgIpc) is 3.60. The van der Waals surface area contributed by atoms with Crippen molar-refractivity contribution in [3.63, 3.8) is 0 Å². The Balaban J connectivity index is 1.35. The van der Waals surface area contributed by atoms with Crippen molar-refractivity contribution in [3.8, 4) is 0 Å². The number of esters is 1. The lowest BCUT2D eigenvalue weighted by atomic mass is 9.93. The fourth-order valence-corrected chi connectivity index (χ4v) is 7.44. The van der Waals surface area contributed by atoms with E-state index in [0.29, 0.717) is 41.6 Å². The summed E-state index contributed by atoms with van der Waals surface area (Å²) in [6.45, 7) is 6.01. The Morgan fingerprint density at radius 2 is 2.02 bits per heavy atom. The highest BCUT2D eigenvalue weighted by molar-refractivity contribution is 7.84. The van der Waals surface area contributed by atoms with Gasteiger partial charge in [0.05, 0.1) is 23.7 Å². The van der Waals surface area contributed by atoms with Gasteiger partial charge in [-0.25, -0.2) is 15.1 Å². The van der Waals surface area contributed by atoms with E-state index < -0.39 is 34.3 Å².